The van der Waals surface area contributed by atoms with Gasteiger partial charge in [0.2, 0.25) is 0 Å². The van der Waals surface area contributed by atoms with Gasteiger partial charge in [0.1, 0.15) is 0 Å². The maximum atomic E-state index is 13.1. The molecule has 0 unspecified atom stereocenters. The minimum absolute atomic E-state index is 0.0234. The van der Waals surface area contributed by atoms with Gasteiger partial charge in [-0.25, -0.2) is 0 Å². The Morgan fingerprint density at radius 3 is 2.43 bits per heavy atom. The number of rotatable bonds is 4. The third kappa shape index (κ3) is 3.44. The van der Waals surface area contributed by atoms with Crippen molar-refractivity contribution in [3.63, 3.8) is 0 Å². The van der Waals surface area contributed by atoms with Crippen LogP contribution in [-0.2, 0) is 12.6 Å². The normalized spacial score (nSPS) is 11.6. The van der Waals surface area contributed by atoms with Crippen molar-refractivity contribution in [3.8, 4) is 0 Å². The highest BCUT2D eigenvalue weighted by Crippen LogP contribution is 2.35. The molecule has 0 saturated carbocycles. The molecule has 0 saturated heterocycles. The van der Waals surface area contributed by atoms with E-state index in [1.54, 1.807) is 12.1 Å². The lowest BCUT2D eigenvalue weighted by Gasteiger charge is -2.13. The fraction of sp³-hybridized carbons (Fsp3) is 0.167. The molecule has 0 bridgehead atoms. The van der Waals surface area contributed by atoms with Gasteiger partial charge in [0.05, 0.1) is 11.1 Å². The largest absolute Gasteiger partial charge is 0.418 e. The molecule has 2 aromatic carbocycles. The minimum Gasteiger partial charge on any atom is -0.384 e. The van der Waals surface area contributed by atoms with Crippen molar-refractivity contribution in [1.29, 1.82) is 0 Å². The van der Waals surface area contributed by atoms with Crippen LogP contribution in [0.15, 0.2) is 60.8 Å². The molecule has 3 aromatic rings. The first-order valence-electron chi connectivity index (χ1n) is 7.28. The summed E-state index contributed by atoms with van der Waals surface area (Å²) in [6.07, 6.45) is -2.21. The Hall–Kier alpha value is -2.56. The van der Waals surface area contributed by atoms with E-state index in [0.717, 1.165) is 12.5 Å². The van der Waals surface area contributed by atoms with E-state index in [0.29, 0.717) is 17.6 Å². The molecule has 0 amide bonds. The lowest BCUT2D eigenvalue weighted by Crippen LogP contribution is -2.08. The number of fused-ring (bicyclic) bond motifs is 1. The van der Waals surface area contributed by atoms with Crippen LogP contribution in [0.1, 0.15) is 11.1 Å². The summed E-state index contributed by atoms with van der Waals surface area (Å²) in [5.74, 6) is 0. The first kappa shape index (κ1) is 15.3. The number of hydrogen-bond acceptors (Lipinski definition) is 2. The standard InChI is InChI=1S/C18H15F3N2/c19-18(20,21)15-8-4-7-14-16(10-12-23-17(14)15)22-11-9-13-5-2-1-3-6-13/h1-8,10,12H,9,11H2,(H,22,23). The van der Waals surface area contributed by atoms with Crippen molar-refractivity contribution in [2.24, 2.45) is 0 Å². The Morgan fingerprint density at radius 1 is 0.913 bits per heavy atom. The van der Waals surface area contributed by atoms with Crippen molar-refractivity contribution < 1.29 is 13.2 Å². The predicted octanol–water partition coefficient (Wildman–Crippen LogP) is 4.91. The molecular weight excluding hydrogens is 301 g/mol. The molecule has 0 atom stereocenters. The molecule has 0 aliphatic carbocycles. The van der Waals surface area contributed by atoms with Crippen molar-refractivity contribution in [1.82, 2.24) is 4.98 Å². The second-order valence-electron chi connectivity index (χ2n) is 5.22. The van der Waals surface area contributed by atoms with E-state index in [4.69, 9.17) is 0 Å². The molecule has 0 radical (unpaired) electrons. The van der Waals surface area contributed by atoms with Crippen LogP contribution in [0.4, 0.5) is 18.9 Å². The smallest absolute Gasteiger partial charge is 0.384 e. The van der Waals surface area contributed by atoms with E-state index < -0.39 is 11.7 Å². The predicted molar refractivity (Wildman–Crippen MR) is 85.4 cm³/mol. The summed E-state index contributed by atoms with van der Waals surface area (Å²) in [6.45, 7) is 0.638. The second-order valence-corrected chi connectivity index (χ2v) is 5.22. The summed E-state index contributed by atoms with van der Waals surface area (Å²) >= 11 is 0. The van der Waals surface area contributed by atoms with Gasteiger partial charge in [-0.15, -0.1) is 0 Å². The van der Waals surface area contributed by atoms with Crippen LogP contribution < -0.4 is 5.32 Å². The van der Waals surface area contributed by atoms with Crippen LogP contribution in [0.25, 0.3) is 10.9 Å². The molecule has 1 heterocycles. The number of para-hydroxylation sites is 1. The van der Waals surface area contributed by atoms with Gasteiger partial charge in [0.15, 0.2) is 0 Å². The molecule has 118 valence electrons. The zero-order valence-electron chi connectivity index (χ0n) is 12.3. The number of nitrogens with zero attached hydrogens (tertiary/aromatic N) is 1. The lowest BCUT2D eigenvalue weighted by molar-refractivity contribution is -0.136. The quantitative estimate of drug-likeness (QED) is 0.740. The van der Waals surface area contributed by atoms with Crippen LogP contribution in [0.2, 0.25) is 0 Å². The number of anilines is 1. The number of halogens is 3. The van der Waals surface area contributed by atoms with Crippen molar-refractivity contribution in [2.75, 3.05) is 11.9 Å². The van der Waals surface area contributed by atoms with Crippen LogP contribution >= 0.6 is 0 Å². The number of hydrogen-bond donors (Lipinski definition) is 1. The number of alkyl halides is 3. The summed E-state index contributed by atoms with van der Waals surface area (Å²) in [7, 11) is 0. The van der Waals surface area contributed by atoms with Gasteiger partial charge in [0.25, 0.3) is 0 Å². The molecule has 23 heavy (non-hydrogen) atoms. The van der Waals surface area contributed by atoms with Crippen molar-refractivity contribution in [2.45, 2.75) is 12.6 Å². The fourth-order valence-corrected chi connectivity index (χ4v) is 2.55. The number of benzene rings is 2. The Labute approximate surface area is 132 Å². The number of pyridine rings is 1. The molecule has 0 fully saturated rings. The first-order chi connectivity index (χ1) is 11.1. The second kappa shape index (κ2) is 6.28. The molecule has 5 heteroatoms. The average molecular weight is 316 g/mol. The van der Waals surface area contributed by atoms with Crippen LogP contribution in [-0.4, -0.2) is 11.5 Å². The van der Waals surface area contributed by atoms with Crippen LogP contribution in [0, 0.1) is 0 Å². The Bertz CT molecular complexity index is 798. The Morgan fingerprint density at radius 2 is 1.70 bits per heavy atom. The molecule has 1 N–H and O–H groups in total. The van der Waals surface area contributed by atoms with Gasteiger partial charge in [-0.3, -0.25) is 4.98 Å². The molecule has 1 aromatic heterocycles. The van der Waals surface area contributed by atoms with E-state index >= 15 is 0 Å². The molecule has 2 nitrogen and oxygen atoms in total. The van der Waals surface area contributed by atoms with Gasteiger partial charge >= 0.3 is 6.18 Å². The Balaban J connectivity index is 1.84. The first-order valence-corrected chi connectivity index (χ1v) is 7.28. The molecule has 0 aliphatic rings. The summed E-state index contributed by atoms with van der Waals surface area (Å²) in [5, 5.41) is 3.69. The maximum Gasteiger partial charge on any atom is 0.418 e. The summed E-state index contributed by atoms with van der Waals surface area (Å²) in [6, 6.07) is 15.8. The maximum absolute atomic E-state index is 13.1. The monoisotopic (exact) mass is 316 g/mol. The zero-order valence-corrected chi connectivity index (χ0v) is 12.3. The fourth-order valence-electron chi connectivity index (χ4n) is 2.55. The van der Waals surface area contributed by atoms with E-state index in [9.17, 15) is 13.2 Å². The highest BCUT2D eigenvalue weighted by atomic mass is 19.4. The van der Waals surface area contributed by atoms with Crippen molar-refractivity contribution in [3.05, 3.63) is 71.9 Å². The number of nitrogens with one attached hydrogen (secondary N) is 1. The van der Waals surface area contributed by atoms with Gasteiger partial charge in [0, 0.05) is 23.8 Å². The van der Waals surface area contributed by atoms with Gasteiger partial charge in [-0.05, 0) is 24.1 Å². The summed E-state index contributed by atoms with van der Waals surface area (Å²) in [4.78, 5) is 3.91. The topological polar surface area (TPSA) is 24.9 Å². The molecule has 0 spiro atoms. The highest BCUT2D eigenvalue weighted by molar-refractivity contribution is 5.93. The van der Waals surface area contributed by atoms with Crippen molar-refractivity contribution >= 4 is 16.6 Å². The van der Waals surface area contributed by atoms with Gasteiger partial charge in [-0.1, -0.05) is 42.5 Å². The van der Waals surface area contributed by atoms with E-state index in [2.05, 4.69) is 10.3 Å². The Kier molecular flexibility index (Phi) is 4.19. The van der Waals surface area contributed by atoms with E-state index in [1.807, 2.05) is 30.3 Å². The average Bonchev–Trinajstić information content (AvgIpc) is 2.54. The zero-order chi connectivity index (χ0) is 16.3. The summed E-state index contributed by atoms with van der Waals surface area (Å²) in [5.41, 5.74) is 1.11. The van der Waals surface area contributed by atoms with E-state index in [-0.39, 0.29) is 5.52 Å². The van der Waals surface area contributed by atoms with Crippen LogP contribution in [0.5, 0.6) is 0 Å². The van der Waals surface area contributed by atoms with Gasteiger partial charge < -0.3 is 5.32 Å². The summed E-state index contributed by atoms with van der Waals surface area (Å²) < 4.78 is 39.2. The van der Waals surface area contributed by atoms with E-state index in [1.165, 1.54) is 17.8 Å². The van der Waals surface area contributed by atoms with Gasteiger partial charge in [-0.2, -0.15) is 13.2 Å². The third-order valence-electron chi connectivity index (χ3n) is 3.65. The third-order valence-corrected chi connectivity index (χ3v) is 3.65. The molecule has 0 aliphatic heterocycles. The minimum atomic E-state index is -4.41. The number of aromatic nitrogens is 1. The van der Waals surface area contributed by atoms with Crippen LogP contribution in [0.3, 0.4) is 0 Å². The lowest BCUT2D eigenvalue weighted by atomic mass is 10.1. The SMILES string of the molecule is FC(F)(F)c1cccc2c(NCCc3ccccc3)ccnc12. The highest BCUT2D eigenvalue weighted by Gasteiger charge is 2.33. The molecule has 3 rings (SSSR count). The molecular formula is C18H15F3N2.